The molecular formula is C26H26ClFN2O3. The lowest BCUT2D eigenvalue weighted by Crippen LogP contribution is -2.51. The zero-order valence-corrected chi connectivity index (χ0v) is 19.1. The summed E-state index contributed by atoms with van der Waals surface area (Å²) >= 11 is 6.00. The minimum absolute atomic E-state index is 0.0186. The van der Waals surface area contributed by atoms with Crippen molar-refractivity contribution in [3.8, 4) is 5.75 Å². The van der Waals surface area contributed by atoms with E-state index in [9.17, 15) is 14.0 Å². The summed E-state index contributed by atoms with van der Waals surface area (Å²) in [5.74, 6) is -1.27. The van der Waals surface area contributed by atoms with Gasteiger partial charge >= 0.3 is 0 Å². The number of amides is 2. The Labute approximate surface area is 198 Å². The Bertz CT molecular complexity index is 1060. The molecule has 0 aliphatic carbocycles. The van der Waals surface area contributed by atoms with Gasteiger partial charge in [-0.1, -0.05) is 66.2 Å². The molecule has 0 radical (unpaired) electrons. The summed E-state index contributed by atoms with van der Waals surface area (Å²) < 4.78 is 19.4. The van der Waals surface area contributed by atoms with Crippen LogP contribution in [0.5, 0.6) is 5.75 Å². The number of nitrogens with zero attached hydrogens (tertiary/aromatic N) is 1. The molecule has 0 fully saturated rings. The fraction of sp³-hybridized carbons (Fsp3) is 0.231. The highest BCUT2D eigenvalue weighted by molar-refractivity contribution is 6.30. The molecule has 0 spiro atoms. The van der Waals surface area contributed by atoms with Gasteiger partial charge in [0.1, 0.15) is 6.04 Å². The Balaban J connectivity index is 1.89. The molecule has 3 aromatic rings. The van der Waals surface area contributed by atoms with Crippen molar-refractivity contribution in [1.82, 2.24) is 10.2 Å². The molecule has 1 unspecified atom stereocenters. The molecule has 3 aromatic carbocycles. The molecule has 0 heterocycles. The van der Waals surface area contributed by atoms with E-state index in [-0.39, 0.29) is 18.2 Å². The van der Waals surface area contributed by atoms with Gasteiger partial charge in [-0.25, -0.2) is 4.39 Å². The number of hydrogen-bond donors (Lipinski definition) is 1. The number of likely N-dealkylation sites (N-methyl/N-ethyl adjacent to an activating group) is 1. The molecule has 0 aliphatic heterocycles. The average Bonchev–Trinajstić information content (AvgIpc) is 2.82. The normalized spacial score (nSPS) is 11.5. The van der Waals surface area contributed by atoms with E-state index in [1.54, 1.807) is 36.4 Å². The van der Waals surface area contributed by atoms with Crippen LogP contribution in [-0.2, 0) is 22.6 Å². The van der Waals surface area contributed by atoms with Crippen molar-refractivity contribution in [3.63, 3.8) is 0 Å². The molecule has 0 bridgehead atoms. The van der Waals surface area contributed by atoms with Gasteiger partial charge in [0.25, 0.3) is 5.91 Å². The standard InChI is InChI=1S/C26H26ClFN2O3/c1-2-29-26(32)23(16-19-8-4-3-5-9-19)30(17-20-12-14-21(27)15-13-20)25(31)18-33-24-11-7-6-10-22(24)28/h3-15,23H,2,16-18H2,1H3,(H,29,32). The summed E-state index contributed by atoms with van der Waals surface area (Å²) in [7, 11) is 0. The molecule has 5 nitrogen and oxygen atoms in total. The minimum atomic E-state index is -0.778. The maximum absolute atomic E-state index is 14.0. The molecule has 0 aromatic heterocycles. The highest BCUT2D eigenvalue weighted by Gasteiger charge is 2.30. The van der Waals surface area contributed by atoms with E-state index in [1.807, 2.05) is 37.3 Å². The van der Waals surface area contributed by atoms with Crippen molar-refractivity contribution in [2.24, 2.45) is 0 Å². The quantitative estimate of drug-likeness (QED) is 0.472. The van der Waals surface area contributed by atoms with Crippen LogP contribution in [-0.4, -0.2) is 35.9 Å². The smallest absolute Gasteiger partial charge is 0.261 e. The third kappa shape index (κ3) is 7.05. The lowest BCUT2D eigenvalue weighted by atomic mass is 10.0. The third-order valence-corrected chi connectivity index (χ3v) is 5.33. The van der Waals surface area contributed by atoms with Gasteiger partial charge < -0.3 is 15.0 Å². The largest absolute Gasteiger partial charge is 0.481 e. The highest BCUT2D eigenvalue weighted by Crippen LogP contribution is 2.19. The van der Waals surface area contributed by atoms with Crippen LogP contribution in [0.1, 0.15) is 18.1 Å². The maximum atomic E-state index is 14.0. The van der Waals surface area contributed by atoms with Crippen molar-refractivity contribution in [2.45, 2.75) is 25.9 Å². The lowest BCUT2D eigenvalue weighted by Gasteiger charge is -2.31. The minimum Gasteiger partial charge on any atom is -0.481 e. The fourth-order valence-electron chi connectivity index (χ4n) is 3.42. The van der Waals surface area contributed by atoms with Crippen molar-refractivity contribution in [1.29, 1.82) is 0 Å². The second-order valence-corrected chi connectivity index (χ2v) is 7.90. The highest BCUT2D eigenvalue weighted by atomic mass is 35.5. The number of ether oxygens (including phenoxy) is 1. The maximum Gasteiger partial charge on any atom is 0.261 e. The monoisotopic (exact) mass is 468 g/mol. The van der Waals surface area contributed by atoms with Crippen LogP contribution in [0.2, 0.25) is 5.02 Å². The Morgan fingerprint density at radius 2 is 1.64 bits per heavy atom. The van der Waals surface area contributed by atoms with Crippen LogP contribution in [0.25, 0.3) is 0 Å². The number of hydrogen-bond acceptors (Lipinski definition) is 3. The van der Waals surface area contributed by atoms with Gasteiger partial charge in [0.2, 0.25) is 5.91 Å². The number of halogens is 2. The lowest BCUT2D eigenvalue weighted by molar-refractivity contribution is -0.142. The van der Waals surface area contributed by atoms with Gasteiger partial charge in [0.05, 0.1) is 0 Å². The number of para-hydroxylation sites is 1. The van der Waals surface area contributed by atoms with E-state index in [0.717, 1.165) is 11.1 Å². The zero-order chi connectivity index (χ0) is 23.6. The van der Waals surface area contributed by atoms with Gasteiger partial charge in [0, 0.05) is 24.5 Å². The van der Waals surface area contributed by atoms with Gasteiger partial charge in [0.15, 0.2) is 18.2 Å². The zero-order valence-electron chi connectivity index (χ0n) is 18.3. The van der Waals surface area contributed by atoms with E-state index in [1.165, 1.54) is 17.0 Å². The van der Waals surface area contributed by atoms with Crippen LogP contribution < -0.4 is 10.1 Å². The molecule has 0 saturated heterocycles. The van der Waals surface area contributed by atoms with Crippen LogP contribution in [0.15, 0.2) is 78.9 Å². The summed E-state index contributed by atoms with van der Waals surface area (Å²) in [6.45, 7) is 2.02. The number of carbonyl (C=O) groups is 2. The summed E-state index contributed by atoms with van der Waals surface area (Å²) in [4.78, 5) is 27.8. The number of nitrogens with one attached hydrogen (secondary N) is 1. The van der Waals surface area contributed by atoms with Gasteiger partial charge in [-0.05, 0) is 42.3 Å². The Kier molecular flexibility index (Phi) is 8.84. The molecule has 0 saturated carbocycles. The van der Waals surface area contributed by atoms with Gasteiger partial charge in [-0.2, -0.15) is 0 Å². The molecule has 1 atom stereocenters. The van der Waals surface area contributed by atoms with E-state index in [0.29, 0.717) is 18.0 Å². The second kappa shape index (κ2) is 12.0. The first-order chi connectivity index (χ1) is 16.0. The van der Waals surface area contributed by atoms with Crippen LogP contribution in [0.3, 0.4) is 0 Å². The number of carbonyl (C=O) groups excluding carboxylic acids is 2. The molecule has 172 valence electrons. The van der Waals surface area contributed by atoms with E-state index in [4.69, 9.17) is 16.3 Å². The predicted molar refractivity (Wildman–Crippen MR) is 127 cm³/mol. The first-order valence-corrected chi connectivity index (χ1v) is 11.1. The van der Waals surface area contributed by atoms with Gasteiger partial charge in [-0.3, -0.25) is 9.59 Å². The molecule has 2 amide bonds. The number of benzene rings is 3. The molecule has 33 heavy (non-hydrogen) atoms. The second-order valence-electron chi connectivity index (χ2n) is 7.47. The SMILES string of the molecule is CCNC(=O)C(Cc1ccccc1)N(Cc1ccc(Cl)cc1)C(=O)COc1ccccc1F. The first-order valence-electron chi connectivity index (χ1n) is 10.7. The van der Waals surface area contributed by atoms with Crippen molar-refractivity contribution in [2.75, 3.05) is 13.2 Å². The fourth-order valence-corrected chi connectivity index (χ4v) is 3.54. The summed E-state index contributed by atoms with van der Waals surface area (Å²) in [5, 5.41) is 3.40. The van der Waals surface area contributed by atoms with Crippen molar-refractivity contribution < 1.29 is 18.7 Å². The topological polar surface area (TPSA) is 58.6 Å². The third-order valence-electron chi connectivity index (χ3n) is 5.08. The molecule has 3 rings (SSSR count). The first kappa shape index (κ1) is 24.3. The van der Waals surface area contributed by atoms with Gasteiger partial charge in [-0.15, -0.1) is 0 Å². The average molecular weight is 469 g/mol. The Morgan fingerprint density at radius 3 is 2.30 bits per heavy atom. The van der Waals surface area contributed by atoms with Crippen molar-refractivity contribution in [3.05, 3.63) is 101 Å². The molecule has 0 aliphatic rings. The van der Waals surface area contributed by atoms with Crippen LogP contribution in [0.4, 0.5) is 4.39 Å². The predicted octanol–water partition coefficient (Wildman–Crippen LogP) is 4.63. The van der Waals surface area contributed by atoms with E-state index in [2.05, 4.69) is 5.32 Å². The molecule has 1 N–H and O–H groups in total. The van der Waals surface area contributed by atoms with E-state index < -0.39 is 24.4 Å². The van der Waals surface area contributed by atoms with Crippen molar-refractivity contribution >= 4 is 23.4 Å². The number of rotatable bonds is 10. The summed E-state index contributed by atoms with van der Waals surface area (Å²) in [5.41, 5.74) is 1.72. The summed E-state index contributed by atoms with van der Waals surface area (Å²) in [6.07, 6.45) is 0.325. The Morgan fingerprint density at radius 1 is 0.970 bits per heavy atom. The van der Waals surface area contributed by atoms with Crippen LogP contribution >= 0.6 is 11.6 Å². The Hall–Kier alpha value is -3.38. The van der Waals surface area contributed by atoms with Crippen LogP contribution in [0, 0.1) is 5.82 Å². The molecular weight excluding hydrogens is 443 g/mol. The van der Waals surface area contributed by atoms with E-state index >= 15 is 0 Å². The molecule has 7 heteroatoms. The summed E-state index contributed by atoms with van der Waals surface area (Å²) in [6, 6.07) is 21.7.